The number of aromatic nitrogens is 1. The van der Waals surface area contributed by atoms with Gasteiger partial charge in [-0.2, -0.15) is 0 Å². The number of hydrogen-bond donors (Lipinski definition) is 1. The quantitative estimate of drug-likeness (QED) is 0.749. The summed E-state index contributed by atoms with van der Waals surface area (Å²) < 4.78 is 4.92. The van der Waals surface area contributed by atoms with Crippen molar-refractivity contribution < 1.29 is 14.6 Å². The topological polar surface area (TPSA) is 59.4 Å². The SMILES string of the molecule is COc1nc(C(=O)O)c(C)cc1C. The van der Waals surface area contributed by atoms with Gasteiger partial charge in [-0.3, -0.25) is 0 Å². The summed E-state index contributed by atoms with van der Waals surface area (Å²) in [5, 5.41) is 8.76. The first-order chi connectivity index (χ1) is 6.06. The Morgan fingerprint density at radius 2 is 2.08 bits per heavy atom. The van der Waals surface area contributed by atoms with Crippen molar-refractivity contribution in [2.24, 2.45) is 0 Å². The highest BCUT2D eigenvalue weighted by atomic mass is 16.5. The molecule has 1 aromatic heterocycles. The molecule has 0 spiro atoms. The molecule has 0 fully saturated rings. The lowest BCUT2D eigenvalue weighted by molar-refractivity contribution is 0.0688. The predicted molar refractivity (Wildman–Crippen MR) is 47.2 cm³/mol. The smallest absolute Gasteiger partial charge is 0.354 e. The van der Waals surface area contributed by atoms with Crippen LogP contribution in [0.3, 0.4) is 0 Å². The lowest BCUT2D eigenvalue weighted by Crippen LogP contribution is -2.05. The predicted octanol–water partition coefficient (Wildman–Crippen LogP) is 1.41. The molecule has 4 nitrogen and oxygen atoms in total. The van der Waals surface area contributed by atoms with Crippen molar-refractivity contribution in [1.29, 1.82) is 0 Å². The van der Waals surface area contributed by atoms with Crippen LogP contribution in [0, 0.1) is 13.8 Å². The molecule has 0 saturated heterocycles. The van der Waals surface area contributed by atoms with Crippen molar-refractivity contribution in [1.82, 2.24) is 4.98 Å². The molecule has 1 heterocycles. The first-order valence-corrected chi connectivity index (χ1v) is 3.81. The first kappa shape index (κ1) is 9.51. The highest BCUT2D eigenvalue weighted by Gasteiger charge is 2.12. The van der Waals surface area contributed by atoms with Crippen LogP contribution in [0.4, 0.5) is 0 Å². The van der Waals surface area contributed by atoms with Crippen LogP contribution in [0.25, 0.3) is 0 Å². The summed E-state index contributed by atoms with van der Waals surface area (Å²) in [5.41, 5.74) is 1.53. The summed E-state index contributed by atoms with van der Waals surface area (Å²) in [6, 6.07) is 1.75. The lowest BCUT2D eigenvalue weighted by Gasteiger charge is -2.06. The number of carbonyl (C=O) groups is 1. The van der Waals surface area contributed by atoms with Gasteiger partial charge in [0.2, 0.25) is 5.88 Å². The maximum atomic E-state index is 10.7. The number of pyridine rings is 1. The van der Waals surface area contributed by atoms with Crippen molar-refractivity contribution in [3.63, 3.8) is 0 Å². The van der Waals surface area contributed by atoms with Crippen molar-refractivity contribution in [3.05, 3.63) is 22.9 Å². The average Bonchev–Trinajstić information content (AvgIpc) is 2.03. The van der Waals surface area contributed by atoms with E-state index in [2.05, 4.69) is 4.98 Å². The van der Waals surface area contributed by atoms with Crippen LogP contribution in [0.15, 0.2) is 6.07 Å². The number of rotatable bonds is 2. The van der Waals surface area contributed by atoms with Gasteiger partial charge in [0.25, 0.3) is 0 Å². The van der Waals surface area contributed by atoms with Gasteiger partial charge in [0.05, 0.1) is 7.11 Å². The molecule has 0 amide bonds. The molecule has 4 heteroatoms. The Kier molecular flexibility index (Phi) is 2.51. The summed E-state index contributed by atoms with van der Waals surface area (Å²) in [5.74, 6) is -0.668. The maximum Gasteiger partial charge on any atom is 0.354 e. The number of aromatic carboxylic acids is 1. The molecule has 13 heavy (non-hydrogen) atoms. The second-order valence-corrected chi connectivity index (χ2v) is 2.79. The summed E-state index contributed by atoms with van der Waals surface area (Å²) in [4.78, 5) is 14.6. The average molecular weight is 181 g/mol. The molecule has 0 saturated carbocycles. The van der Waals surface area contributed by atoms with Gasteiger partial charge in [-0.25, -0.2) is 9.78 Å². The Morgan fingerprint density at radius 3 is 2.54 bits per heavy atom. The highest BCUT2D eigenvalue weighted by Crippen LogP contribution is 2.17. The third-order valence-electron chi connectivity index (χ3n) is 1.75. The lowest BCUT2D eigenvalue weighted by atomic mass is 10.1. The summed E-state index contributed by atoms with van der Waals surface area (Å²) in [7, 11) is 1.47. The van der Waals surface area contributed by atoms with Gasteiger partial charge in [-0.15, -0.1) is 0 Å². The van der Waals surface area contributed by atoms with E-state index in [0.29, 0.717) is 11.4 Å². The Labute approximate surface area is 76.2 Å². The van der Waals surface area contributed by atoms with E-state index in [1.165, 1.54) is 7.11 Å². The van der Waals surface area contributed by atoms with E-state index in [-0.39, 0.29) is 5.69 Å². The van der Waals surface area contributed by atoms with E-state index >= 15 is 0 Å². The van der Waals surface area contributed by atoms with E-state index in [4.69, 9.17) is 9.84 Å². The van der Waals surface area contributed by atoms with Gasteiger partial charge in [-0.05, 0) is 25.5 Å². The highest BCUT2D eigenvalue weighted by molar-refractivity contribution is 5.87. The Hall–Kier alpha value is -1.58. The second kappa shape index (κ2) is 3.43. The van der Waals surface area contributed by atoms with Gasteiger partial charge in [0, 0.05) is 5.56 Å². The van der Waals surface area contributed by atoms with Crippen LogP contribution in [-0.2, 0) is 0 Å². The van der Waals surface area contributed by atoms with Crippen LogP contribution >= 0.6 is 0 Å². The molecule has 0 atom stereocenters. The molecule has 0 radical (unpaired) electrons. The number of aryl methyl sites for hydroxylation is 2. The summed E-state index contributed by atoms with van der Waals surface area (Å²) in [6.45, 7) is 3.54. The van der Waals surface area contributed by atoms with Crippen LogP contribution in [0.2, 0.25) is 0 Å². The minimum Gasteiger partial charge on any atom is -0.481 e. The second-order valence-electron chi connectivity index (χ2n) is 2.79. The Balaban J connectivity index is 3.30. The minimum atomic E-state index is -1.03. The number of carboxylic acids is 1. The zero-order valence-corrected chi connectivity index (χ0v) is 7.79. The van der Waals surface area contributed by atoms with Crippen molar-refractivity contribution >= 4 is 5.97 Å². The number of carboxylic acid groups (broad SMARTS) is 1. The molecular weight excluding hydrogens is 170 g/mol. The van der Waals surface area contributed by atoms with Crippen LogP contribution in [0.1, 0.15) is 21.6 Å². The number of hydrogen-bond acceptors (Lipinski definition) is 3. The van der Waals surface area contributed by atoms with Gasteiger partial charge in [0.1, 0.15) is 0 Å². The third-order valence-corrected chi connectivity index (χ3v) is 1.75. The molecular formula is C9H11NO3. The molecule has 1 rings (SSSR count). The molecule has 0 aliphatic heterocycles. The molecule has 0 aliphatic carbocycles. The fourth-order valence-electron chi connectivity index (χ4n) is 1.16. The molecule has 0 aromatic carbocycles. The van der Waals surface area contributed by atoms with Crippen molar-refractivity contribution in [3.8, 4) is 5.88 Å². The summed E-state index contributed by atoms with van der Waals surface area (Å²) >= 11 is 0. The Morgan fingerprint density at radius 1 is 1.46 bits per heavy atom. The number of nitrogens with zero attached hydrogens (tertiary/aromatic N) is 1. The van der Waals surface area contributed by atoms with Crippen molar-refractivity contribution in [2.75, 3.05) is 7.11 Å². The number of ether oxygens (including phenoxy) is 1. The van der Waals surface area contributed by atoms with Crippen molar-refractivity contribution in [2.45, 2.75) is 13.8 Å². The normalized spacial score (nSPS) is 9.77. The van der Waals surface area contributed by atoms with E-state index in [1.807, 2.05) is 6.92 Å². The van der Waals surface area contributed by atoms with E-state index in [1.54, 1.807) is 13.0 Å². The molecule has 1 aromatic rings. The summed E-state index contributed by atoms with van der Waals surface area (Å²) in [6.07, 6.45) is 0. The molecule has 1 N–H and O–H groups in total. The molecule has 0 bridgehead atoms. The fourth-order valence-corrected chi connectivity index (χ4v) is 1.16. The molecule has 0 aliphatic rings. The van der Waals surface area contributed by atoms with E-state index < -0.39 is 5.97 Å². The van der Waals surface area contributed by atoms with Gasteiger partial charge < -0.3 is 9.84 Å². The van der Waals surface area contributed by atoms with Crippen LogP contribution in [-0.4, -0.2) is 23.2 Å². The van der Waals surface area contributed by atoms with Gasteiger partial charge >= 0.3 is 5.97 Å². The van der Waals surface area contributed by atoms with Gasteiger partial charge in [0.15, 0.2) is 5.69 Å². The monoisotopic (exact) mass is 181 g/mol. The van der Waals surface area contributed by atoms with Crippen LogP contribution < -0.4 is 4.74 Å². The van der Waals surface area contributed by atoms with Crippen LogP contribution in [0.5, 0.6) is 5.88 Å². The largest absolute Gasteiger partial charge is 0.481 e. The van der Waals surface area contributed by atoms with E-state index in [0.717, 1.165) is 5.56 Å². The van der Waals surface area contributed by atoms with Gasteiger partial charge in [-0.1, -0.05) is 0 Å². The molecule has 70 valence electrons. The van der Waals surface area contributed by atoms with E-state index in [9.17, 15) is 4.79 Å². The molecule has 0 unspecified atom stereocenters. The zero-order valence-electron chi connectivity index (χ0n) is 7.79. The maximum absolute atomic E-state index is 10.7. The minimum absolute atomic E-state index is 0.0439. The zero-order chi connectivity index (χ0) is 10.0. The fraction of sp³-hybridized carbons (Fsp3) is 0.333. The standard InChI is InChI=1S/C9H11NO3/c1-5-4-6(2)8(13-3)10-7(5)9(11)12/h4H,1-3H3,(H,11,12). The third kappa shape index (κ3) is 1.77. The first-order valence-electron chi connectivity index (χ1n) is 3.81. The Bertz CT molecular complexity index is 347. The number of methoxy groups -OCH3 is 1.